The molecule has 0 unspecified atom stereocenters. The first-order valence-corrected chi connectivity index (χ1v) is 10.7. The van der Waals surface area contributed by atoms with E-state index in [1.54, 1.807) is 6.07 Å². The first-order valence-electron chi connectivity index (χ1n) is 10.7. The van der Waals surface area contributed by atoms with Gasteiger partial charge in [0.2, 0.25) is 11.4 Å². The number of para-hydroxylation sites is 1. The predicted octanol–water partition coefficient (Wildman–Crippen LogP) is 3.86. The number of primary amides is 1. The number of benzene rings is 1. The Kier molecular flexibility index (Phi) is 5.03. The summed E-state index contributed by atoms with van der Waals surface area (Å²) in [5, 5.41) is 0.861. The summed E-state index contributed by atoms with van der Waals surface area (Å²) >= 11 is 0. The maximum absolute atomic E-state index is 14.0. The van der Waals surface area contributed by atoms with E-state index in [9.17, 15) is 18.4 Å². The van der Waals surface area contributed by atoms with Gasteiger partial charge in [-0.25, -0.2) is 18.7 Å². The molecular formula is C24H21F2N5O2. The van der Waals surface area contributed by atoms with Crippen LogP contribution in [0.3, 0.4) is 0 Å². The highest BCUT2D eigenvalue weighted by Crippen LogP contribution is 2.35. The summed E-state index contributed by atoms with van der Waals surface area (Å²) in [6.45, 7) is 0.599. The number of pyridine rings is 3. The van der Waals surface area contributed by atoms with Crippen LogP contribution in [-0.2, 0) is 0 Å². The lowest BCUT2D eigenvalue weighted by molar-refractivity contribution is -0.0102. The van der Waals surface area contributed by atoms with E-state index in [1.807, 2.05) is 35.2 Å². The second-order valence-corrected chi connectivity index (χ2v) is 8.25. The number of aromatic amines is 1. The van der Waals surface area contributed by atoms with Gasteiger partial charge in [0, 0.05) is 42.9 Å². The molecule has 168 valence electrons. The first kappa shape index (κ1) is 21.0. The minimum atomic E-state index is -2.70. The summed E-state index contributed by atoms with van der Waals surface area (Å²) in [6.07, 6.45) is -0.0723. The molecule has 4 heterocycles. The quantitative estimate of drug-likeness (QED) is 0.494. The first-order chi connectivity index (χ1) is 15.8. The molecule has 1 saturated heterocycles. The number of aromatic nitrogens is 3. The van der Waals surface area contributed by atoms with Crippen LogP contribution in [0.15, 0.2) is 53.3 Å². The van der Waals surface area contributed by atoms with Gasteiger partial charge in [-0.15, -0.1) is 0 Å². The Hall–Kier alpha value is -3.88. The lowest BCUT2D eigenvalue weighted by atomic mass is 10.1. The van der Waals surface area contributed by atoms with E-state index in [2.05, 4.69) is 9.97 Å². The number of H-pyrrole nitrogens is 1. The monoisotopic (exact) mass is 449 g/mol. The minimum absolute atomic E-state index is 0.000643. The largest absolute Gasteiger partial charge is 0.364 e. The molecule has 1 amide bonds. The van der Waals surface area contributed by atoms with Crippen LogP contribution in [0.4, 0.5) is 14.6 Å². The third kappa shape index (κ3) is 4.02. The molecule has 5 rings (SSSR count). The fourth-order valence-electron chi connectivity index (χ4n) is 4.23. The average molecular weight is 449 g/mol. The van der Waals surface area contributed by atoms with E-state index in [4.69, 9.17) is 10.7 Å². The Morgan fingerprint density at radius 3 is 2.70 bits per heavy atom. The molecule has 1 aromatic carbocycles. The van der Waals surface area contributed by atoms with E-state index >= 15 is 0 Å². The van der Waals surface area contributed by atoms with Crippen molar-refractivity contribution in [1.82, 2.24) is 15.0 Å². The zero-order valence-electron chi connectivity index (χ0n) is 17.6. The van der Waals surface area contributed by atoms with Crippen molar-refractivity contribution < 1.29 is 13.6 Å². The molecule has 1 aliphatic rings. The van der Waals surface area contributed by atoms with Gasteiger partial charge in [0.05, 0.1) is 16.7 Å². The minimum Gasteiger partial charge on any atom is -0.364 e. The number of nitrogens with zero attached hydrogens (tertiary/aromatic N) is 3. The maximum atomic E-state index is 14.0. The molecule has 3 aromatic heterocycles. The molecule has 1 fully saturated rings. The number of rotatable bonds is 3. The molecule has 0 saturated carbocycles. The van der Waals surface area contributed by atoms with E-state index in [-0.39, 0.29) is 36.0 Å². The number of carbonyl (C=O) groups is 1. The van der Waals surface area contributed by atoms with Crippen molar-refractivity contribution in [2.45, 2.75) is 25.2 Å². The Morgan fingerprint density at radius 2 is 1.88 bits per heavy atom. The standard InChI is InChI=1S/C24H21F2N5O2/c25-24(26)8-3-10-31(11-9-24)23-15(12-14-4-1-2-5-16(14)30-23)19-13-20(32)21-17(28-19)6-7-18(29-21)22(27)33/h1-2,4-7,12-13H,3,8-11H2,(H2,27,33)(H,28,32). The fraction of sp³-hybridized carbons (Fsp3) is 0.250. The molecule has 7 nitrogen and oxygen atoms in total. The number of amides is 1. The summed E-state index contributed by atoms with van der Waals surface area (Å²) in [5.41, 5.74) is 7.29. The van der Waals surface area contributed by atoms with Crippen molar-refractivity contribution in [3.8, 4) is 11.3 Å². The van der Waals surface area contributed by atoms with Crippen LogP contribution in [0, 0.1) is 0 Å². The van der Waals surface area contributed by atoms with Gasteiger partial charge in [-0.3, -0.25) is 9.59 Å². The highest BCUT2D eigenvalue weighted by molar-refractivity contribution is 5.94. The Balaban J connectivity index is 1.69. The molecule has 1 aliphatic heterocycles. The van der Waals surface area contributed by atoms with Crippen LogP contribution in [0.1, 0.15) is 29.8 Å². The topological polar surface area (TPSA) is 105 Å². The van der Waals surface area contributed by atoms with Crippen LogP contribution >= 0.6 is 0 Å². The molecule has 0 radical (unpaired) electrons. The third-order valence-corrected chi connectivity index (χ3v) is 5.94. The number of carbonyl (C=O) groups excluding carboxylic acids is 1. The Morgan fingerprint density at radius 1 is 1.06 bits per heavy atom. The van der Waals surface area contributed by atoms with E-state index in [0.29, 0.717) is 35.6 Å². The summed E-state index contributed by atoms with van der Waals surface area (Å²) < 4.78 is 28.0. The second kappa shape index (κ2) is 7.91. The normalized spacial score (nSPS) is 16.1. The van der Waals surface area contributed by atoms with Gasteiger partial charge in [0.25, 0.3) is 5.91 Å². The van der Waals surface area contributed by atoms with Gasteiger partial charge < -0.3 is 15.6 Å². The molecule has 9 heteroatoms. The Labute approximate surface area is 187 Å². The molecule has 0 atom stereocenters. The van der Waals surface area contributed by atoms with Crippen molar-refractivity contribution in [2.24, 2.45) is 5.73 Å². The molecule has 3 N–H and O–H groups in total. The van der Waals surface area contributed by atoms with Crippen molar-refractivity contribution in [2.75, 3.05) is 18.0 Å². The van der Waals surface area contributed by atoms with Gasteiger partial charge in [0.1, 0.15) is 17.0 Å². The number of anilines is 1. The number of fused-ring (bicyclic) bond motifs is 2. The number of halogens is 2. The Bertz CT molecular complexity index is 1450. The predicted molar refractivity (Wildman–Crippen MR) is 123 cm³/mol. The molecule has 4 aromatic rings. The van der Waals surface area contributed by atoms with E-state index in [0.717, 1.165) is 10.9 Å². The van der Waals surface area contributed by atoms with Gasteiger partial charge >= 0.3 is 0 Å². The van der Waals surface area contributed by atoms with Crippen molar-refractivity contribution >= 4 is 33.7 Å². The highest BCUT2D eigenvalue weighted by Gasteiger charge is 2.32. The number of hydrogen-bond donors (Lipinski definition) is 2. The number of alkyl halides is 2. The zero-order chi connectivity index (χ0) is 23.2. The van der Waals surface area contributed by atoms with Crippen molar-refractivity contribution in [3.05, 3.63) is 64.4 Å². The van der Waals surface area contributed by atoms with Crippen molar-refractivity contribution in [3.63, 3.8) is 0 Å². The molecular weight excluding hydrogens is 428 g/mol. The SMILES string of the molecule is NC(=O)c1ccc2[nH]c(-c3cc4ccccc4nc3N3CCCC(F)(F)CC3)cc(=O)c2n1. The molecule has 33 heavy (non-hydrogen) atoms. The molecule has 0 aliphatic carbocycles. The molecule has 0 spiro atoms. The number of hydrogen-bond acceptors (Lipinski definition) is 5. The lowest BCUT2D eigenvalue weighted by Gasteiger charge is -2.25. The number of nitrogens with two attached hydrogens (primary N) is 1. The zero-order valence-corrected chi connectivity index (χ0v) is 17.6. The summed E-state index contributed by atoms with van der Waals surface area (Å²) in [5.74, 6) is -2.88. The van der Waals surface area contributed by atoms with Gasteiger partial charge in [-0.1, -0.05) is 18.2 Å². The van der Waals surface area contributed by atoms with Crippen LogP contribution in [0.2, 0.25) is 0 Å². The lowest BCUT2D eigenvalue weighted by Crippen LogP contribution is -2.27. The van der Waals surface area contributed by atoms with Crippen molar-refractivity contribution in [1.29, 1.82) is 0 Å². The van der Waals surface area contributed by atoms with Gasteiger partial charge in [-0.05, 0) is 30.7 Å². The second-order valence-electron chi connectivity index (χ2n) is 8.25. The van der Waals surface area contributed by atoms with Crippen LogP contribution in [0.5, 0.6) is 0 Å². The van der Waals surface area contributed by atoms with Crippen LogP contribution < -0.4 is 16.1 Å². The highest BCUT2D eigenvalue weighted by atomic mass is 19.3. The summed E-state index contributed by atoms with van der Waals surface area (Å²) in [4.78, 5) is 38.2. The average Bonchev–Trinajstić information content (AvgIpc) is 2.98. The number of nitrogens with one attached hydrogen (secondary N) is 1. The maximum Gasteiger partial charge on any atom is 0.267 e. The van der Waals surface area contributed by atoms with Gasteiger partial charge in [-0.2, -0.15) is 0 Å². The summed E-state index contributed by atoms with van der Waals surface area (Å²) in [7, 11) is 0. The summed E-state index contributed by atoms with van der Waals surface area (Å²) in [6, 6.07) is 13.9. The smallest absolute Gasteiger partial charge is 0.267 e. The van der Waals surface area contributed by atoms with Crippen LogP contribution in [0.25, 0.3) is 33.2 Å². The van der Waals surface area contributed by atoms with E-state index in [1.165, 1.54) is 12.1 Å². The van der Waals surface area contributed by atoms with Gasteiger partial charge in [0.15, 0.2) is 0 Å². The van der Waals surface area contributed by atoms with E-state index < -0.39 is 11.8 Å². The molecule has 0 bridgehead atoms. The third-order valence-electron chi connectivity index (χ3n) is 5.94. The van der Waals surface area contributed by atoms with Crippen LogP contribution in [-0.4, -0.2) is 39.9 Å². The fourth-order valence-corrected chi connectivity index (χ4v) is 4.23.